The molecule has 1 saturated heterocycles. The van der Waals surface area contributed by atoms with Gasteiger partial charge >= 0.3 is 23.9 Å². The van der Waals surface area contributed by atoms with Crippen molar-refractivity contribution in [3.05, 3.63) is 11.8 Å². The van der Waals surface area contributed by atoms with Crippen molar-refractivity contribution in [2.75, 3.05) is 6.61 Å². The fourth-order valence-electron chi connectivity index (χ4n) is 2.81. The van der Waals surface area contributed by atoms with Gasteiger partial charge < -0.3 is 28.4 Å². The van der Waals surface area contributed by atoms with E-state index < -0.39 is 54.6 Å². The Morgan fingerprint density at radius 1 is 0.774 bits per heavy atom. The Morgan fingerprint density at radius 2 is 1.29 bits per heavy atom. The van der Waals surface area contributed by atoms with Crippen molar-refractivity contribution in [3.63, 3.8) is 0 Å². The lowest BCUT2D eigenvalue weighted by atomic mass is 9.98. The summed E-state index contributed by atoms with van der Waals surface area (Å²) < 4.78 is 32.0. The summed E-state index contributed by atoms with van der Waals surface area (Å²) in [6.45, 7) is 7.37. The van der Waals surface area contributed by atoms with Crippen molar-refractivity contribution in [1.29, 1.82) is 0 Å². The molecule has 0 aromatic rings. The van der Waals surface area contributed by atoms with Crippen molar-refractivity contribution in [2.24, 2.45) is 0 Å². The molecule has 11 nitrogen and oxygen atoms in total. The summed E-state index contributed by atoms with van der Waals surface area (Å²) in [6, 6.07) is 0. The van der Waals surface area contributed by atoms with E-state index in [2.05, 4.69) is 0 Å². The molecule has 0 aliphatic carbocycles. The zero-order valence-electron chi connectivity index (χ0n) is 18.4. The molecule has 1 fully saturated rings. The normalized spacial score (nSPS) is 25.7. The van der Waals surface area contributed by atoms with Crippen molar-refractivity contribution in [1.82, 2.24) is 0 Å². The van der Waals surface area contributed by atoms with E-state index in [-0.39, 0.29) is 24.4 Å². The highest BCUT2D eigenvalue weighted by atomic mass is 16.7. The molecule has 0 saturated carbocycles. The van der Waals surface area contributed by atoms with Crippen molar-refractivity contribution >= 4 is 29.7 Å². The minimum Gasteiger partial charge on any atom is -0.468 e. The molecule has 1 heterocycles. The van der Waals surface area contributed by atoms with Gasteiger partial charge in [0, 0.05) is 39.7 Å². The van der Waals surface area contributed by atoms with E-state index in [4.69, 9.17) is 28.4 Å². The third kappa shape index (κ3) is 8.36. The second-order valence-electron chi connectivity index (χ2n) is 6.78. The Kier molecular flexibility index (Phi) is 10.1. The highest BCUT2D eigenvalue weighted by Crippen LogP contribution is 2.30. The van der Waals surface area contributed by atoms with Gasteiger partial charge in [-0.25, -0.2) is 0 Å². The Balaban J connectivity index is 3.35. The van der Waals surface area contributed by atoms with Crippen LogP contribution in [-0.2, 0) is 52.4 Å². The van der Waals surface area contributed by atoms with E-state index in [0.29, 0.717) is 0 Å². The topological polar surface area (TPSA) is 141 Å². The monoisotopic (exact) mass is 444 g/mol. The molecule has 0 amide bonds. The van der Waals surface area contributed by atoms with Gasteiger partial charge in [-0.2, -0.15) is 0 Å². The van der Waals surface area contributed by atoms with Crippen LogP contribution in [0.3, 0.4) is 0 Å². The molecular weight excluding hydrogens is 416 g/mol. The van der Waals surface area contributed by atoms with Gasteiger partial charge in [0.2, 0.25) is 12.4 Å². The lowest BCUT2D eigenvalue weighted by Crippen LogP contribution is -2.62. The first-order chi connectivity index (χ1) is 14.5. The van der Waals surface area contributed by atoms with Gasteiger partial charge in [-0.15, -0.1) is 0 Å². The van der Waals surface area contributed by atoms with Crippen LogP contribution in [0, 0.1) is 0 Å². The zero-order valence-corrected chi connectivity index (χ0v) is 18.4. The van der Waals surface area contributed by atoms with E-state index in [1.165, 1.54) is 13.8 Å². The molecule has 31 heavy (non-hydrogen) atoms. The van der Waals surface area contributed by atoms with Crippen molar-refractivity contribution < 1.29 is 52.4 Å². The van der Waals surface area contributed by atoms with Crippen molar-refractivity contribution in [2.45, 2.75) is 78.7 Å². The Bertz CT molecular complexity index is 727. The lowest BCUT2D eigenvalue weighted by Gasteiger charge is -2.43. The van der Waals surface area contributed by atoms with Gasteiger partial charge in [0.15, 0.2) is 18.0 Å². The molecule has 174 valence electrons. The largest absolute Gasteiger partial charge is 0.468 e. The Hall–Kier alpha value is -2.95. The SMILES string of the molecule is CCC(=O)/C(C)=C/O[C@@H]1O[C@H](COC(C)=O)[C@@H](OC(C)=O)[C@H](OC(C)=O)[C@H]1OC(C)=O. The molecule has 1 aliphatic rings. The molecule has 0 N–H and O–H groups in total. The van der Waals surface area contributed by atoms with Crippen LogP contribution in [-0.4, -0.2) is 67.0 Å². The molecule has 1 rings (SSSR count). The van der Waals surface area contributed by atoms with Gasteiger partial charge in [-0.05, 0) is 6.92 Å². The van der Waals surface area contributed by atoms with Crippen LogP contribution in [0.5, 0.6) is 0 Å². The summed E-state index contributed by atoms with van der Waals surface area (Å²) in [5.41, 5.74) is 0.273. The van der Waals surface area contributed by atoms with Gasteiger partial charge in [-0.3, -0.25) is 24.0 Å². The van der Waals surface area contributed by atoms with Gasteiger partial charge in [0.1, 0.15) is 12.7 Å². The number of ketones is 1. The summed E-state index contributed by atoms with van der Waals surface area (Å²) >= 11 is 0. The molecule has 0 unspecified atom stereocenters. The highest BCUT2D eigenvalue weighted by molar-refractivity contribution is 5.94. The summed E-state index contributed by atoms with van der Waals surface area (Å²) in [7, 11) is 0. The average Bonchev–Trinajstić information content (AvgIpc) is 2.66. The number of carbonyl (C=O) groups excluding carboxylic acids is 5. The van der Waals surface area contributed by atoms with Gasteiger partial charge in [0.05, 0.1) is 6.26 Å². The Labute approximate surface area is 179 Å². The van der Waals surface area contributed by atoms with E-state index in [0.717, 1.165) is 27.0 Å². The van der Waals surface area contributed by atoms with E-state index in [1.807, 2.05) is 0 Å². The number of rotatable bonds is 9. The second kappa shape index (κ2) is 12.0. The average molecular weight is 444 g/mol. The Morgan fingerprint density at radius 3 is 1.77 bits per heavy atom. The fraction of sp³-hybridized carbons (Fsp3) is 0.650. The molecule has 0 radical (unpaired) electrons. The number of hydrogen-bond acceptors (Lipinski definition) is 11. The number of ether oxygens (including phenoxy) is 6. The number of carbonyl (C=O) groups is 5. The predicted octanol–water partition coefficient (Wildman–Crippen LogP) is 0.969. The first kappa shape index (κ1) is 26.1. The highest BCUT2D eigenvalue weighted by Gasteiger charge is 2.53. The van der Waals surface area contributed by atoms with Crippen LogP contribution < -0.4 is 0 Å². The summed E-state index contributed by atoms with van der Waals surface area (Å²) in [6.07, 6.45) is -5.06. The second-order valence-corrected chi connectivity index (χ2v) is 6.78. The maximum absolute atomic E-state index is 11.8. The minimum atomic E-state index is -1.36. The number of hydrogen-bond donors (Lipinski definition) is 0. The molecule has 0 aromatic carbocycles. The number of Topliss-reactive ketones (excluding diaryl/α,β-unsaturated/α-hetero) is 1. The molecule has 11 heteroatoms. The third-order valence-corrected chi connectivity index (χ3v) is 4.09. The van der Waals surface area contributed by atoms with Crippen LogP contribution in [0.15, 0.2) is 11.8 Å². The molecule has 0 spiro atoms. The van der Waals surface area contributed by atoms with Gasteiger partial charge in [-0.1, -0.05) is 6.92 Å². The zero-order chi connectivity index (χ0) is 23.7. The minimum absolute atomic E-state index is 0.189. The van der Waals surface area contributed by atoms with Crippen molar-refractivity contribution in [3.8, 4) is 0 Å². The standard InChI is InChI=1S/C20H28O11/c1-7-15(25)10(2)8-27-20-19(30-14(6)24)18(29-13(5)23)17(28-12(4)22)16(31-20)9-26-11(3)21/h8,16-20H,7,9H2,1-6H3/b10-8+/t16-,17-,18+,19-,20-/m1/s1. The molecular formula is C20H28O11. The lowest BCUT2D eigenvalue weighted by molar-refractivity contribution is -0.297. The quantitative estimate of drug-likeness (QED) is 0.217. The van der Waals surface area contributed by atoms with Crippen LogP contribution in [0.4, 0.5) is 0 Å². The predicted molar refractivity (Wildman–Crippen MR) is 102 cm³/mol. The fourth-order valence-corrected chi connectivity index (χ4v) is 2.81. The summed E-state index contributed by atoms with van der Waals surface area (Å²) in [4.78, 5) is 58.1. The van der Waals surface area contributed by atoms with E-state index in [9.17, 15) is 24.0 Å². The molecule has 1 aliphatic heterocycles. The third-order valence-electron chi connectivity index (χ3n) is 4.09. The molecule has 0 bridgehead atoms. The van der Waals surface area contributed by atoms with Crippen LogP contribution in [0.25, 0.3) is 0 Å². The first-order valence-electron chi connectivity index (χ1n) is 9.62. The first-order valence-corrected chi connectivity index (χ1v) is 9.62. The maximum atomic E-state index is 11.8. The van der Waals surface area contributed by atoms with Crippen LogP contribution in [0.1, 0.15) is 48.0 Å². The number of esters is 4. The van der Waals surface area contributed by atoms with Gasteiger partial charge in [0.25, 0.3) is 0 Å². The summed E-state index contributed by atoms with van der Waals surface area (Å²) in [5.74, 6) is -3.05. The smallest absolute Gasteiger partial charge is 0.303 e. The van der Waals surface area contributed by atoms with E-state index in [1.54, 1.807) is 6.92 Å². The molecule has 0 aromatic heterocycles. The molecule has 5 atom stereocenters. The summed E-state index contributed by atoms with van der Waals surface area (Å²) in [5, 5.41) is 0. The van der Waals surface area contributed by atoms with E-state index >= 15 is 0 Å². The van der Waals surface area contributed by atoms with Crippen LogP contribution >= 0.6 is 0 Å². The van der Waals surface area contributed by atoms with Crippen LogP contribution in [0.2, 0.25) is 0 Å². The maximum Gasteiger partial charge on any atom is 0.303 e. The number of allylic oxidation sites excluding steroid dienone is 1.